The zero-order valence-electron chi connectivity index (χ0n) is 19.9. The van der Waals surface area contributed by atoms with Crippen LogP contribution in [0.2, 0.25) is 0 Å². The predicted molar refractivity (Wildman–Crippen MR) is 125 cm³/mol. The van der Waals surface area contributed by atoms with Crippen LogP contribution in [0.1, 0.15) is 70.2 Å². The van der Waals surface area contributed by atoms with E-state index in [4.69, 9.17) is 9.73 Å². The SMILES string of the molecule is CCOC1CC(NC(=NCc2nnc(C)n2C)NC(C)c2ccccc2)C1(CC)CC. The van der Waals surface area contributed by atoms with Crippen LogP contribution in [0.3, 0.4) is 0 Å². The Hall–Kier alpha value is -2.41. The zero-order valence-corrected chi connectivity index (χ0v) is 19.9. The molecule has 170 valence electrons. The highest BCUT2D eigenvalue weighted by Gasteiger charge is 2.53. The van der Waals surface area contributed by atoms with Crippen molar-refractivity contribution in [3.63, 3.8) is 0 Å². The Labute approximate surface area is 186 Å². The third kappa shape index (κ3) is 4.92. The van der Waals surface area contributed by atoms with Gasteiger partial charge in [0.05, 0.1) is 12.1 Å². The van der Waals surface area contributed by atoms with E-state index < -0.39 is 0 Å². The Kier molecular flexibility index (Phi) is 7.70. The zero-order chi connectivity index (χ0) is 22.4. The molecule has 1 aromatic carbocycles. The molecule has 1 heterocycles. The van der Waals surface area contributed by atoms with Crippen LogP contribution >= 0.6 is 0 Å². The lowest BCUT2D eigenvalue weighted by molar-refractivity contribution is -0.133. The van der Waals surface area contributed by atoms with E-state index in [9.17, 15) is 0 Å². The van der Waals surface area contributed by atoms with Gasteiger partial charge in [-0.2, -0.15) is 0 Å². The predicted octanol–water partition coefficient (Wildman–Crippen LogP) is 3.90. The molecule has 1 saturated carbocycles. The van der Waals surface area contributed by atoms with Crippen molar-refractivity contribution in [1.82, 2.24) is 25.4 Å². The third-order valence-corrected chi connectivity index (χ3v) is 6.99. The molecule has 1 aromatic heterocycles. The molecule has 0 spiro atoms. The van der Waals surface area contributed by atoms with Gasteiger partial charge in [0.2, 0.25) is 0 Å². The lowest BCUT2D eigenvalue weighted by atomic mass is 9.58. The summed E-state index contributed by atoms with van der Waals surface area (Å²) in [6, 6.07) is 10.9. The summed E-state index contributed by atoms with van der Waals surface area (Å²) in [5.41, 5.74) is 1.36. The second-order valence-electron chi connectivity index (χ2n) is 8.48. The summed E-state index contributed by atoms with van der Waals surface area (Å²) < 4.78 is 8.05. The molecule has 1 aliphatic rings. The van der Waals surface area contributed by atoms with Crippen LogP contribution in [-0.4, -0.2) is 39.5 Å². The molecule has 0 saturated heterocycles. The Bertz CT molecular complexity index is 858. The van der Waals surface area contributed by atoms with Crippen LogP contribution in [0.4, 0.5) is 0 Å². The van der Waals surface area contributed by atoms with Gasteiger partial charge in [-0.1, -0.05) is 44.2 Å². The molecule has 3 unspecified atom stereocenters. The lowest BCUT2D eigenvalue weighted by Gasteiger charge is -2.55. The molecule has 2 aromatic rings. The summed E-state index contributed by atoms with van der Waals surface area (Å²) in [7, 11) is 1.98. The minimum Gasteiger partial charge on any atom is -0.378 e. The van der Waals surface area contributed by atoms with E-state index in [1.807, 2.05) is 24.6 Å². The lowest BCUT2D eigenvalue weighted by Crippen LogP contribution is -2.65. The molecule has 31 heavy (non-hydrogen) atoms. The molecule has 2 N–H and O–H groups in total. The quantitative estimate of drug-likeness (QED) is 0.470. The highest BCUT2D eigenvalue weighted by Crippen LogP contribution is 2.48. The van der Waals surface area contributed by atoms with Gasteiger partial charge >= 0.3 is 0 Å². The van der Waals surface area contributed by atoms with Gasteiger partial charge in [-0.15, -0.1) is 10.2 Å². The number of hydrogen-bond donors (Lipinski definition) is 2. The second kappa shape index (κ2) is 10.3. The number of aliphatic imine (C=N–C) groups is 1. The van der Waals surface area contributed by atoms with Crippen molar-refractivity contribution in [1.29, 1.82) is 0 Å². The number of guanidine groups is 1. The first-order valence-corrected chi connectivity index (χ1v) is 11.5. The summed E-state index contributed by atoms with van der Waals surface area (Å²) in [5.74, 6) is 2.55. The van der Waals surface area contributed by atoms with E-state index in [0.717, 1.165) is 43.5 Å². The fraction of sp³-hybridized carbons (Fsp3) is 0.625. The van der Waals surface area contributed by atoms with Gasteiger partial charge in [0.1, 0.15) is 12.4 Å². The van der Waals surface area contributed by atoms with Crippen molar-refractivity contribution in [2.45, 2.75) is 78.6 Å². The monoisotopic (exact) mass is 426 g/mol. The Balaban J connectivity index is 1.79. The number of aryl methyl sites for hydroxylation is 1. The first-order valence-electron chi connectivity index (χ1n) is 11.5. The maximum atomic E-state index is 6.06. The minimum atomic E-state index is 0.133. The molecular weight excluding hydrogens is 388 g/mol. The van der Waals surface area contributed by atoms with Gasteiger partial charge in [-0.3, -0.25) is 0 Å². The molecule has 0 radical (unpaired) electrons. The highest BCUT2D eigenvalue weighted by atomic mass is 16.5. The molecule has 0 aliphatic heterocycles. The van der Waals surface area contributed by atoms with Crippen LogP contribution < -0.4 is 10.6 Å². The van der Waals surface area contributed by atoms with Gasteiger partial charge in [0, 0.05) is 25.1 Å². The van der Waals surface area contributed by atoms with E-state index in [2.05, 4.69) is 72.8 Å². The van der Waals surface area contributed by atoms with Crippen LogP contribution in [0.5, 0.6) is 0 Å². The molecule has 0 bridgehead atoms. The normalized spacial score (nSPS) is 21.4. The van der Waals surface area contributed by atoms with Crippen LogP contribution in [0.15, 0.2) is 35.3 Å². The van der Waals surface area contributed by atoms with Crippen molar-refractivity contribution < 1.29 is 4.74 Å². The number of aromatic nitrogens is 3. The minimum absolute atomic E-state index is 0.133. The Morgan fingerprint density at radius 2 is 1.94 bits per heavy atom. The van der Waals surface area contributed by atoms with Gasteiger partial charge in [0.25, 0.3) is 0 Å². The van der Waals surface area contributed by atoms with Crippen molar-refractivity contribution in [3.8, 4) is 0 Å². The molecule has 3 rings (SSSR count). The molecule has 0 amide bonds. The maximum absolute atomic E-state index is 6.06. The second-order valence-corrected chi connectivity index (χ2v) is 8.48. The summed E-state index contributed by atoms with van der Waals surface area (Å²) in [6.07, 6.45) is 3.46. The number of nitrogens with one attached hydrogen (secondary N) is 2. The highest BCUT2D eigenvalue weighted by molar-refractivity contribution is 5.80. The summed E-state index contributed by atoms with van der Waals surface area (Å²) in [4.78, 5) is 4.89. The van der Waals surface area contributed by atoms with Crippen molar-refractivity contribution in [3.05, 3.63) is 47.5 Å². The molecule has 7 heteroatoms. The van der Waals surface area contributed by atoms with Gasteiger partial charge in [0.15, 0.2) is 11.8 Å². The van der Waals surface area contributed by atoms with Gasteiger partial charge in [-0.25, -0.2) is 4.99 Å². The fourth-order valence-electron chi connectivity index (χ4n) is 4.65. The van der Waals surface area contributed by atoms with Gasteiger partial charge in [-0.05, 0) is 45.6 Å². The van der Waals surface area contributed by atoms with E-state index in [1.165, 1.54) is 5.56 Å². The Morgan fingerprint density at radius 1 is 1.23 bits per heavy atom. The number of benzene rings is 1. The van der Waals surface area contributed by atoms with Crippen molar-refractivity contribution in [2.24, 2.45) is 17.5 Å². The van der Waals surface area contributed by atoms with Gasteiger partial charge < -0.3 is 19.9 Å². The van der Waals surface area contributed by atoms with E-state index in [0.29, 0.717) is 18.7 Å². The average Bonchev–Trinajstić information content (AvgIpc) is 3.10. The Morgan fingerprint density at radius 3 is 2.52 bits per heavy atom. The summed E-state index contributed by atoms with van der Waals surface area (Å²) in [5, 5.41) is 15.8. The fourth-order valence-corrected chi connectivity index (χ4v) is 4.65. The van der Waals surface area contributed by atoms with Crippen molar-refractivity contribution >= 4 is 5.96 Å². The average molecular weight is 427 g/mol. The first-order chi connectivity index (χ1) is 14.9. The number of ether oxygens (including phenoxy) is 1. The van der Waals surface area contributed by atoms with Crippen LogP contribution in [-0.2, 0) is 18.3 Å². The summed E-state index contributed by atoms with van der Waals surface area (Å²) >= 11 is 0. The number of rotatable bonds is 9. The maximum Gasteiger partial charge on any atom is 0.192 e. The molecule has 1 fully saturated rings. The van der Waals surface area contributed by atoms with Crippen molar-refractivity contribution in [2.75, 3.05) is 6.61 Å². The van der Waals surface area contributed by atoms with E-state index in [-0.39, 0.29) is 11.5 Å². The van der Waals surface area contributed by atoms with E-state index >= 15 is 0 Å². The standard InChI is InChI=1S/C24H38N6O/c1-7-24(8-2)20(15-21(24)31-9-3)27-23(25-16-22-29-28-18(5)30(22)6)26-17(4)19-13-11-10-12-14-19/h10-14,17,20-21H,7-9,15-16H2,1-6H3,(H2,25,26,27). The largest absolute Gasteiger partial charge is 0.378 e. The number of nitrogens with zero attached hydrogens (tertiary/aromatic N) is 4. The topological polar surface area (TPSA) is 76.4 Å². The van der Waals surface area contributed by atoms with E-state index in [1.54, 1.807) is 0 Å². The van der Waals surface area contributed by atoms with Crippen LogP contribution in [0.25, 0.3) is 0 Å². The first kappa shape index (κ1) is 23.3. The van der Waals surface area contributed by atoms with Crippen LogP contribution in [0, 0.1) is 12.3 Å². The smallest absolute Gasteiger partial charge is 0.192 e. The molecular formula is C24H38N6O. The molecule has 7 nitrogen and oxygen atoms in total. The molecule has 3 atom stereocenters. The summed E-state index contributed by atoms with van der Waals surface area (Å²) in [6.45, 7) is 12.0. The third-order valence-electron chi connectivity index (χ3n) is 6.99. The molecule has 1 aliphatic carbocycles. The number of hydrogen-bond acceptors (Lipinski definition) is 4.